The number of rotatable bonds is 6. The van der Waals surface area contributed by atoms with Gasteiger partial charge in [0.2, 0.25) is 0 Å². The molecule has 3 rings (SSSR count). The Morgan fingerprint density at radius 3 is 2.33 bits per heavy atom. The highest BCUT2D eigenvalue weighted by Crippen LogP contribution is 2.30. The van der Waals surface area contributed by atoms with E-state index in [2.05, 4.69) is 17.1 Å². The van der Waals surface area contributed by atoms with E-state index < -0.39 is 0 Å². The summed E-state index contributed by atoms with van der Waals surface area (Å²) in [7, 11) is 0. The molecule has 21 heavy (non-hydrogen) atoms. The molecule has 3 fully saturated rings. The van der Waals surface area contributed by atoms with Crippen molar-refractivity contribution in [1.82, 2.24) is 10.2 Å². The highest BCUT2D eigenvalue weighted by Gasteiger charge is 2.30. The Morgan fingerprint density at radius 1 is 0.857 bits per heavy atom. The summed E-state index contributed by atoms with van der Waals surface area (Å²) in [5, 5.41) is 4.04. The molecule has 1 aliphatic heterocycles. The second-order valence-electron chi connectivity index (χ2n) is 8.10. The van der Waals surface area contributed by atoms with Crippen molar-refractivity contribution in [2.75, 3.05) is 19.6 Å². The molecule has 2 atom stereocenters. The van der Waals surface area contributed by atoms with Crippen LogP contribution in [-0.4, -0.2) is 36.6 Å². The molecule has 0 bridgehead atoms. The van der Waals surface area contributed by atoms with Crippen LogP contribution in [0.25, 0.3) is 0 Å². The molecule has 0 aromatic heterocycles. The van der Waals surface area contributed by atoms with Gasteiger partial charge >= 0.3 is 0 Å². The smallest absolute Gasteiger partial charge is 0.0200 e. The Labute approximate surface area is 132 Å². The first-order chi connectivity index (χ1) is 10.3. The van der Waals surface area contributed by atoms with Crippen molar-refractivity contribution in [3.8, 4) is 0 Å². The first kappa shape index (κ1) is 15.8. The summed E-state index contributed by atoms with van der Waals surface area (Å²) in [6.45, 7) is 6.46. The summed E-state index contributed by atoms with van der Waals surface area (Å²) in [6.07, 6.45) is 15.9. The van der Waals surface area contributed by atoms with Crippen LogP contribution in [-0.2, 0) is 0 Å². The maximum absolute atomic E-state index is 4.04. The van der Waals surface area contributed by atoms with Gasteiger partial charge < -0.3 is 10.2 Å². The summed E-state index contributed by atoms with van der Waals surface area (Å²) in [6, 6.07) is 1.60. The molecule has 1 heterocycles. The minimum atomic E-state index is 0.776. The van der Waals surface area contributed by atoms with E-state index in [1.165, 1.54) is 90.3 Å². The van der Waals surface area contributed by atoms with E-state index in [0.717, 1.165) is 23.9 Å². The Bertz CT molecular complexity index is 294. The van der Waals surface area contributed by atoms with Gasteiger partial charge in [0.05, 0.1) is 0 Å². The van der Waals surface area contributed by atoms with Gasteiger partial charge in [0.1, 0.15) is 0 Å². The van der Waals surface area contributed by atoms with Gasteiger partial charge in [-0.25, -0.2) is 0 Å². The number of hydrogen-bond donors (Lipinski definition) is 1. The maximum Gasteiger partial charge on any atom is 0.0200 e. The van der Waals surface area contributed by atoms with E-state index >= 15 is 0 Å². The summed E-state index contributed by atoms with van der Waals surface area (Å²) >= 11 is 0. The van der Waals surface area contributed by atoms with E-state index in [-0.39, 0.29) is 0 Å². The van der Waals surface area contributed by atoms with Crippen LogP contribution in [0, 0.1) is 11.8 Å². The van der Waals surface area contributed by atoms with E-state index in [1.54, 1.807) is 0 Å². The van der Waals surface area contributed by atoms with Gasteiger partial charge in [0, 0.05) is 31.7 Å². The van der Waals surface area contributed by atoms with E-state index in [4.69, 9.17) is 0 Å². The molecule has 2 nitrogen and oxygen atoms in total. The normalized spacial score (nSPS) is 33.0. The van der Waals surface area contributed by atoms with Crippen LogP contribution < -0.4 is 5.32 Å². The van der Waals surface area contributed by atoms with Crippen LogP contribution in [0.4, 0.5) is 0 Å². The lowest BCUT2D eigenvalue weighted by atomic mass is 9.83. The molecule has 0 amide bonds. The van der Waals surface area contributed by atoms with Crippen molar-refractivity contribution < 1.29 is 0 Å². The third kappa shape index (κ3) is 4.69. The van der Waals surface area contributed by atoms with E-state index in [9.17, 15) is 0 Å². The Balaban J connectivity index is 1.50. The molecule has 0 aromatic carbocycles. The first-order valence-electron chi connectivity index (χ1n) is 9.82. The van der Waals surface area contributed by atoms with Crippen molar-refractivity contribution in [3.05, 3.63) is 0 Å². The summed E-state index contributed by atoms with van der Waals surface area (Å²) < 4.78 is 0. The Kier molecular flexibility index (Phi) is 5.99. The Hall–Kier alpha value is -0.0800. The number of nitrogens with one attached hydrogen (secondary N) is 1. The zero-order valence-electron chi connectivity index (χ0n) is 14.2. The van der Waals surface area contributed by atoms with Crippen LogP contribution in [0.2, 0.25) is 0 Å². The van der Waals surface area contributed by atoms with Crippen molar-refractivity contribution in [3.63, 3.8) is 0 Å². The molecular formula is C19H36N2. The van der Waals surface area contributed by atoms with Crippen LogP contribution in [0.15, 0.2) is 0 Å². The van der Waals surface area contributed by atoms with E-state index in [0.29, 0.717) is 0 Å². The average Bonchev–Trinajstić information content (AvgIpc) is 2.44. The van der Waals surface area contributed by atoms with Gasteiger partial charge in [-0.2, -0.15) is 0 Å². The highest BCUT2D eigenvalue weighted by atomic mass is 15.2. The Morgan fingerprint density at radius 2 is 1.67 bits per heavy atom. The molecule has 122 valence electrons. The fraction of sp³-hybridized carbons (Fsp3) is 1.00. The summed E-state index contributed by atoms with van der Waals surface area (Å²) in [5.74, 6) is 1.98. The van der Waals surface area contributed by atoms with Gasteiger partial charge in [-0.1, -0.05) is 39.0 Å². The average molecular weight is 293 g/mol. The molecule has 1 saturated heterocycles. The van der Waals surface area contributed by atoms with Gasteiger partial charge in [-0.15, -0.1) is 0 Å². The molecule has 0 spiro atoms. The molecule has 2 unspecified atom stereocenters. The summed E-state index contributed by atoms with van der Waals surface area (Å²) in [4.78, 5) is 2.81. The second kappa shape index (κ2) is 7.97. The predicted octanol–water partition coefficient (Wildman–Crippen LogP) is 4.20. The van der Waals surface area contributed by atoms with Crippen molar-refractivity contribution >= 4 is 0 Å². The summed E-state index contributed by atoms with van der Waals surface area (Å²) in [5.41, 5.74) is 0. The van der Waals surface area contributed by atoms with Gasteiger partial charge in [-0.3, -0.25) is 0 Å². The lowest BCUT2D eigenvalue weighted by molar-refractivity contribution is 0.0922. The number of likely N-dealkylation sites (tertiary alicyclic amines) is 1. The maximum atomic E-state index is 4.04. The second-order valence-corrected chi connectivity index (χ2v) is 8.10. The molecule has 3 aliphatic rings. The van der Waals surface area contributed by atoms with Crippen LogP contribution in [0.1, 0.15) is 77.6 Å². The monoisotopic (exact) mass is 292 g/mol. The third-order valence-corrected chi connectivity index (χ3v) is 6.13. The number of piperidine rings is 1. The standard InChI is InChI=1S/C19H36N2/c1-2-7-17-12-19(20-18-10-4-3-5-11-18)15-21(14-17)13-16-8-6-9-16/h16-20H,2-15H2,1H3. The lowest BCUT2D eigenvalue weighted by Crippen LogP contribution is -2.53. The quantitative estimate of drug-likeness (QED) is 0.789. The SMILES string of the molecule is CCCC1CC(NC2CCCCC2)CN(CC2CCC2)C1. The largest absolute Gasteiger partial charge is 0.310 e. The molecule has 1 N–H and O–H groups in total. The molecule has 0 aromatic rings. The van der Waals surface area contributed by atoms with Gasteiger partial charge in [-0.05, 0) is 50.4 Å². The zero-order chi connectivity index (χ0) is 14.5. The van der Waals surface area contributed by atoms with E-state index in [1.807, 2.05) is 0 Å². The zero-order valence-corrected chi connectivity index (χ0v) is 14.2. The topological polar surface area (TPSA) is 15.3 Å². The van der Waals surface area contributed by atoms with Gasteiger partial charge in [0.15, 0.2) is 0 Å². The minimum Gasteiger partial charge on any atom is -0.310 e. The molecule has 2 saturated carbocycles. The highest BCUT2D eigenvalue weighted by molar-refractivity contribution is 4.88. The minimum absolute atomic E-state index is 0.776. The van der Waals surface area contributed by atoms with Crippen LogP contribution in [0.5, 0.6) is 0 Å². The van der Waals surface area contributed by atoms with Crippen LogP contribution in [0.3, 0.4) is 0 Å². The fourth-order valence-electron chi connectivity index (χ4n) is 4.83. The predicted molar refractivity (Wildman–Crippen MR) is 90.6 cm³/mol. The first-order valence-corrected chi connectivity index (χ1v) is 9.82. The molecule has 2 aliphatic carbocycles. The van der Waals surface area contributed by atoms with Gasteiger partial charge in [0.25, 0.3) is 0 Å². The van der Waals surface area contributed by atoms with Crippen LogP contribution >= 0.6 is 0 Å². The molecular weight excluding hydrogens is 256 g/mol. The van der Waals surface area contributed by atoms with Crippen molar-refractivity contribution in [2.45, 2.75) is 89.6 Å². The molecule has 0 radical (unpaired) electrons. The lowest BCUT2D eigenvalue weighted by Gasteiger charge is -2.42. The third-order valence-electron chi connectivity index (χ3n) is 6.13. The molecule has 2 heteroatoms. The number of nitrogens with zero attached hydrogens (tertiary/aromatic N) is 1. The van der Waals surface area contributed by atoms with Crippen molar-refractivity contribution in [1.29, 1.82) is 0 Å². The van der Waals surface area contributed by atoms with Crippen molar-refractivity contribution in [2.24, 2.45) is 11.8 Å². The fourth-order valence-corrected chi connectivity index (χ4v) is 4.83. The number of hydrogen-bond acceptors (Lipinski definition) is 2.